The van der Waals surface area contributed by atoms with Crippen LogP contribution in [0.2, 0.25) is 0 Å². The zero-order valence-corrected chi connectivity index (χ0v) is 8.37. The van der Waals surface area contributed by atoms with Gasteiger partial charge in [-0.25, -0.2) is 0 Å². The number of hydrogen-bond donors (Lipinski definition) is 2. The van der Waals surface area contributed by atoms with Crippen LogP contribution in [-0.2, 0) is 9.59 Å². The van der Waals surface area contributed by atoms with Crippen molar-refractivity contribution in [1.82, 2.24) is 0 Å². The molecule has 0 saturated heterocycles. The van der Waals surface area contributed by atoms with E-state index in [4.69, 9.17) is 10.2 Å². The zero-order valence-electron chi connectivity index (χ0n) is 8.37. The molecule has 0 atom stereocenters. The molecule has 0 aliphatic carbocycles. The van der Waals surface area contributed by atoms with Crippen LogP contribution < -0.4 is 0 Å². The van der Waals surface area contributed by atoms with Crippen molar-refractivity contribution < 1.29 is 19.8 Å². The second-order valence-electron chi connectivity index (χ2n) is 4.09. The molecule has 0 unspecified atom stereocenters. The van der Waals surface area contributed by atoms with Gasteiger partial charge in [0, 0.05) is 0 Å². The Morgan fingerprint density at radius 2 is 1.36 bits per heavy atom. The molecule has 0 rings (SSSR count). The van der Waals surface area contributed by atoms with Gasteiger partial charge in [-0.3, -0.25) is 9.59 Å². The predicted octanol–water partition coefficient (Wildman–Crippen LogP) is 0.805. The van der Waals surface area contributed by atoms with Crippen molar-refractivity contribution in [3.8, 4) is 0 Å². The average Bonchev–Trinajstić information content (AvgIpc) is 1.82. The first kappa shape index (κ1) is 16.4. The average molecular weight is 212 g/mol. The predicted molar refractivity (Wildman–Crippen MR) is 54.5 cm³/mol. The molecule has 0 radical (unpaired) electrons. The van der Waals surface area contributed by atoms with Crippen LogP contribution in [-0.4, -0.2) is 51.7 Å². The Morgan fingerprint density at radius 3 is 1.43 bits per heavy atom. The SMILES string of the molecule is CC(C)C(C)(C)C(C(=O)O)C(=O)O.[NaH]. The Bertz CT molecular complexity index is 209. The van der Waals surface area contributed by atoms with Crippen molar-refractivity contribution >= 4 is 41.5 Å². The minimum absolute atomic E-state index is 0. The number of aliphatic carboxylic acids is 2. The molecule has 0 aliphatic rings. The fourth-order valence-electron chi connectivity index (χ4n) is 1.08. The first-order valence-electron chi connectivity index (χ1n) is 4.16. The van der Waals surface area contributed by atoms with Crippen LogP contribution in [0.15, 0.2) is 0 Å². The van der Waals surface area contributed by atoms with E-state index in [1.807, 2.05) is 13.8 Å². The molecule has 0 amide bonds. The van der Waals surface area contributed by atoms with Crippen LogP contribution in [0.1, 0.15) is 27.7 Å². The van der Waals surface area contributed by atoms with E-state index in [0.717, 1.165) is 0 Å². The Hall–Kier alpha value is -0.0600. The molecular formula is C9H17NaO4. The van der Waals surface area contributed by atoms with E-state index in [1.165, 1.54) is 0 Å². The van der Waals surface area contributed by atoms with Crippen LogP contribution in [0.25, 0.3) is 0 Å². The molecule has 0 aromatic carbocycles. The molecule has 0 spiro atoms. The molecule has 0 fully saturated rings. The van der Waals surface area contributed by atoms with E-state index in [-0.39, 0.29) is 35.5 Å². The molecule has 5 heteroatoms. The quantitative estimate of drug-likeness (QED) is 0.534. The van der Waals surface area contributed by atoms with Gasteiger partial charge >= 0.3 is 41.5 Å². The first-order chi connectivity index (χ1) is 5.71. The van der Waals surface area contributed by atoms with Gasteiger partial charge in [0.15, 0.2) is 5.92 Å². The topological polar surface area (TPSA) is 74.6 Å². The Labute approximate surface area is 106 Å². The molecule has 0 aromatic heterocycles. The van der Waals surface area contributed by atoms with E-state index in [2.05, 4.69) is 0 Å². The summed E-state index contributed by atoms with van der Waals surface area (Å²) in [7, 11) is 0. The third-order valence-electron chi connectivity index (χ3n) is 2.73. The summed E-state index contributed by atoms with van der Waals surface area (Å²) in [5, 5.41) is 17.5. The van der Waals surface area contributed by atoms with Crippen molar-refractivity contribution in [2.45, 2.75) is 27.7 Å². The number of hydrogen-bond acceptors (Lipinski definition) is 2. The van der Waals surface area contributed by atoms with Gasteiger partial charge in [0.1, 0.15) is 0 Å². The van der Waals surface area contributed by atoms with Crippen LogP contribution in [0.4, 0.5) is 0 Å². The number of rotatable bonds is 4. The maximum absolute atomic E-state index is 10.7. The summed E-state index contributed by atoms with van der Waals surface area (Å²) in [6.45, 7) is 6.95. The second kappa shape index (κ2) is 5.73. The second-order valence-corrected chi connectivity index (χ2v) is 4.09. The van der Waals surface area contributed by atoms with Gasteiger partial charge < -0.3 is 10.2 Å². The standard InChI is InChI=1S/C9H16O4.Na.H/c1-5(2)9(3,4)6(7(10)11)8(12)13;;/h5-6H,1-4H3,(H,10,11)(H,12,13);;. The Balaban J connectivity index is 0. The van der Waals surface area contributed by atoms with Gasteiger partial charge in [0.25, 0.3) is 0 Å². The summed E-state index contributed by atoms with van der Waals surface area (Å²) in [5.41, 5.74) is -0.738. The number of carboxylic acids is 2. The molecule has 0 bridgehead atoms. The van der Waals surface area contributed by atoms with E-state index >= 15 is 0 Å². The molecule has 0 saturated carbocycles. The fraction of sp³-hybridized carbons (Fsp3) is 0.778. The van der Waals surface area contributed by atoms with Gasteiger partial charge in [-0.05, 0) is 11.3 Å². The van der Waals surface area contributed by atoms with Gasteiger partial charge in [0.05, 0.1) is 0 Å². The van der Waals surface area contributed by atoms with Gasteiger partial charge in [0.2, 0.25) is 0 Å². The molecule has 14 heavy (non-hydrogen) atoms. The van der Waals surface area contributed by atoms with Crippen LogP contribution in [0.5, 0.6) is 0 Å². The van der Waals surface area contributed by atoms with Gasteiger partial charge in [-0.15, -0.1) is 0 Å². The van der Waals surface area contributed by atoms with Crippen molar-refractivity contribution in [2.75, 3.05) is 0 Å². The van der Waals surface area contributed by atoms with E-state index in [1.54, 1.807) is 13.8 Å². The van der Waals surface area contributed by atoms with Crippen molar-refractivity contribution in [2.24, 2.45) is 17.3 Å². The Kier molecular flexibility index (Phi) is 6.70. The first-order valence-corrected chi connectivity index (χ1v) is 4.16. The maximum atomic E-state index is 10.7. The third-order valence-corrected chi connectivity index (χ3v) is 2.73. The summed E-state index contributed by atoms with van der Waals surface area (Å²) in [6.07, 6.45) is 0. The zero-order chi connectivity index (χ0) is 10.8. The van der Waals surface area contributed by atoms with Crippen LogP contribution >= 0.6 is 0 Å². The molecule has 0 heterocycles. The normalized spacial score (nSPS) is 11.3. The summed E-state index contributed by atoms with van der Waals surface area (Å²) in [6, 6.07) is 0. The molecule has 78 valence electrons. The van der Waals surface area contributed by atoms with Gasteiger partial charge in [-0.2, -0.15) is 0 Å². The van der Waals surface area contributed by atoms with E-state index in [9.17, 15) is 9.59 Å². The minimum atomic E-state index is -1.34. The summed E-state index contributed by atoms with van der Waals surface area (Å²) >= 11 is 0. The fourth-order valence-corrected chi connectivity index (χ4v) is 1.08. The molecular weight excluding hydrogens is 195 g/mol. The third kappa shape index (κ3) is 3.59. The summed E-state index contributed by atoms with van der Waals surface area (Å²) in [5.74, 6) is -3.88. The van der Waals surface area contributed by atoms with E-state index in [0.29, 0.717) is 0 Å². The van der Waals surface area contributed by atoms with Crippen molar-refractivity contribution in [3.63, 3.8) is 0 Å². The van der Waals surface area contributed by atoms with E-state index < -0.39 is 23.3 Å². The molecule has 4 nitrogen and oxygen atoms in total. The molecule has 0 aliphatic heterocycles. The van der Waals surface area contributed by atoms with Gasteiger partial charge in [-0.1, -0.05) is 27.7 Å². The number of carbonyl (C=O) groups is 2. The van der Waals surface area contributed by atoms with Crippen LogP contribution in [0.3, 0.4) is 0 Å². The van der Waals surface area contributed by atoms with Crippen LogP contribution in [0, 0.1) is 17.3 Å². The van der Waals surface area contributed by atoms with Crippen molar-refractivity contribution in [1.29, 1.82) is 0 Å². The molecule has 2 N–H and O–H groups in total. The summed E-state index contributed by atoms with van der Waals surface area (Å²) < 4.78 is 0. The number of carboxylic acid groups (broad SMARTS) is 2. The van der Waals surface area contributed by atoms with Crippen molar-refractivity contribution in [3.05, 3.63) is 0 Å². The monoisotopic (exact) mass is 212 g/mol. The molecule has 0 aromatic rings. The Morgan fingerprint density at radius 1 is 1.07 bits per heavy atom. The summed E-state index contributed by atoms with van der Waals surface area (Å²) in [4.78, 5) is 21.4.